The van der Waals surface area contributed by atoms with Crippen molar-refractivity contribution in [1.29, 1.82) is 0 Å². The maximum absolute atomic E-state index is 13.6. The summed E-state index contributed by atoms with van der Waals surface area (Å²) in [5.41, 5.74) is 3.88. The monoisotopic (exact) mass is 619 g/mol. The van der Waals surface area contributed by atoms with Crippen LogP contribution >= 0.6 is 0 Å². The third-order valence-electron chi connectivity index (χ3n) is 7.74. The summed E-state index contributed by atoms with van der Waals surface area (Å²) in [4.78, 5) is 2.82. The van der Waals surface area contributed by atoms with Gasteiger partial charge in [-0.1, -0.05) is 24.0 Å². The van der Waals surface area contributed by atoms with E-state index in [-0.39, 0.29) is 19.2 Å². The molecule has 1 aliphatic carbocycles. The number of anilines is 2. The van der Waals surface area contributed by atoms with Crippen LogP contribution in [-0.2, 0) is 22.3 Å². The lowest BCUT2D eigenvalue weighted by Crippen LogP contribution is -2.34. The molecule has 1 saturated heterocycles. The molecule has 0 amide bonds. The lowest BCUT2D eigenvalue weighted by molar-refractivity contribution is -0.141. The molecule has 0 aromatic heterocycles. The number of nitrogens with zero attached hydrogens (tertiary/aromatic N) is 1. The maximum Gasteiger partial charge on any atom is 0.389 e. The van der Waals surface area contributed by atoms with Crippen molar-refractivity contribution in [2.75, 3.05) is 63.9 Å². The molecule has 0 bridgehead atoms. The zero-order valence-corrected chi connectivity index (χ0v) is 25.6. The fourth-order valence-corrected chi connectivity index (χ4v) is 6.21. The molecule has 4 rings (SSSR count). The van der Waals surface area contributed by atoms with E-state index in [0.717, 1.165) is 36.3 Å². The van der Waals surface area contributed by atoms with Gasteiger partial charge in [-0.3, -0.25) is 4.90 Å². The van der Waals surface area contributed by atoms with E-state index >= 15 is 0 Å². The van der Waals surface area contributed by atoms with Crippen LogP contribution in [0.2, 0.25) is 0 Å². The Morgan fingerprint density at radius 3 is 2.72 bits per heavy atom. The van der Waals surface area contributed by atoms with Crippen LogP contribution in [-0.4, -0.2) is 86.1 Å². The molecular weight excluding hydrogens is 579 g/mol. The first-order valence-electron chi connectivity index (χ1n) is 14.4. The lowest BCUT2D eigenvalue weighted by atomic mass is 9.91. The molecule has 0 radical (unpaired) electrons. The quantitative estimate of drug-likeness (QED) is 0.243. The second kappa shape index (κ2) is 15.2. The second-order valence-corrected chi connectivity index (χ2v) is 12.4. The molecule has 1 fully saturated rings. The summed E-state index contributed by atoms with van der Waals surface area (Å²) in [6, 6.07) is 11.2. The van der Waals surface area contributed by atoms with Crippen molar-refractivity contribution in [2.45, 2.75) is 48.9 Å². The summed E-state index contributed by atoms with van der Waals surface area (Å²) in [5, 5.41) is 16.9. The Hall–Kier alpha value is -2.88. The minimum Gasteiger partial charge on any atom is -0.612 e. The highest BCUT2D eigenvalue weighted by Crippen LogP contribution is 2.38. The highest BCUT2D eigenvalue weighted by atomic mass is 32.2. The van der Waals surface area contributed by atoms with Gasteiger partial charge in [0.1, 0.15) is 12.0 Å². The average Bonchev–Trinajstić information content (AvgIpc) is 3.31. The maximum atomic E-state index is 13.6. The van der Waals surface area contributed by atoms with Crippen LogP contribution in [0.1, 0.15) is 30.4 Å². The van der Waals surface area contributed by atoms with Crippen molar-refractivity contribution in [2.24, 2.45) is 5.92 Å². The molecule has 2 aromatic carbocycles. The number of ether oxygens (including phenoxy) is 2. The summed E-state index contributed by atoms with van der Waals surface area (Å²) in [7, 11) is 3.08. The van der Waals surface area contributed by atoms with Crippen molar-refractivity contribution in [3.8, 4) is 17.6 Å². The minimum atomic E-state index is -4.31. The fraction of sp³-hybridized carbons (Fsp3) is 0.500. The van der Waals surface area contributed by atoms with Gasteiger partial charge in [0.15, 0.2) is 4.90 Å². The van der Waals surface area contributed by atoms with E-state index in [0.29, 0.717) is 41.3 Å². The number of aliphatic hydroxyl groups excluding tert-OH is 1. The Kier molecular flexibility index (Phi) is 11.7. The number of rotatable bonds is 11. The highest BCUT2D eigenvalue weighted by molar-refractivity contribution is 7.90. The number of likely N-dealkylation sites (tertiary alicyclic amines) is 1. The van der Waals surface area contributed by atoms with Crippen LogP contribution in [0.15, 0.2) is 46.9 Å². The van der Waals surface area contributed by atoms with E-state index in [1.165, 1.54) is 7.11 Å². The highest BCUT2D eigenvalue weighted by Gasteiger charge is 2.34. The third-order valence-corrected chi connectivity index (χ3v) is 8.66. The van der Waals surface area contributed by atoms with Gasteiger partial charge in [0.25, 0.3) is 0 Å². The Balaban J connectivity index is 1.54. The van der Waals surface area contributed by atoms with E-state index in [1.54, 1.807) is 31.6 Å². The van der Waals surface area contributed by atoms with Gasteiger partial charge in [-0.15, -0.1) is 0 Å². The Morgan fingerprint density at radius 2 is 2.00 bits per heavy atom. The van der Waals surface area contributed by atoms with Gasteiger partial charge >= 0.3 is 6.18 Å². The van der Waals surface area contributed by atoms with Gasteiger partial charge in [-0.25, -0.2) is 0 Å². The predicted molar refractivity (Wildman–Crippen MR) is 165 cm³/mol. The van der Waals surface area contributed by atoms with Crippen LogP contribution in [0.5, 0.6) is 5.75 Å². The fourth-order valence-electron chi connectivity index (χ4n) is 5.68. The lowest BCUT2D eigenvalue weighted by Gasteiger charge is -2.21. The van der Waals surface area contributed by atoms with E-state index in [2.05, 4.69) is 27.4 Å². The smallest absolute Gasteiger partial charge is 0.389 e. The summed E-state index contributed by atoms with van der Waals surface area (Å²) >= 11 is -1.16. The molecule has 11 heteroatoms. The third kappa shape index (κ3) is 9.55. The van der Waals surface area contributed by atoms with Gasteiger partial charge in [0, 0.05) is 61.6 Å². The second-order valence-electron chi connectivity index (χ2n) is 11.0. The first-order valence-corrected chi connectivity index (χ1v) is 15.9. The molecule has 0 saturated carbocycles. The molecule has 1 heterocycles. The molecule has 1 aliphatic heterocycles. The number of nitrogens with one attached hydrogen (secondary N) is 2. The predicted octanol–water partition coefficient (Wildman–Crippen LogP) is 4.94. The molecule has 7 nitrogen and oxygen atoms in total. The largest absolute Gasteiger partial charge is 0.612 e. The molecular formula is C32H40F3N3O4S. The summed E-state index contributed by atoms with van der Waals surface area (Å²) in [5.74, 6) is 5.85. The van der Waals surface area contributed by atoms with Gasteiger partial charge in [0.2, 0.25) is 0 Å². The number of hydrogen-bond acceptors (Lipinski definition) is 7. The number of alkyl halides is 3. The van der Waals surface area contributed by atoms with Crippen LogP contribution in [0.3, 0.4) is 0 Å². The molecule has 43 heavy (non-hydrogen) atoms. The molecule has 2 aliphatic rings. The van der Waals surface area contributed by atoms with Gasteiger partial charge in [-0.05, 0) is 60.3 Å². The number of hydrogen-bond donors (Lipinski definition) is 3. The summed E-state index contributed by atoms with van der Waals surface area (Å²) < 4.78 is 63.1. The van der Waals surface area contributed by atoms with Crippen LogP contribution in [0.4, 0.5) is 24.5 Å². The van der Waals surface area contributed by atoms with Crippen LogP contribution in [0, 0.1) is 17.8 Å². The Labute approximate surface area is 255 Å². The van der Waals surface area contributed by atoms with Crippen molar-refractivity contribution in [1.82, 2.24) is 4.90 Å². The van der Waals surface area contributed by atoms with Crippen molar-refractivity contribution < 1.29 is 32.3 Å². The number of fused-ring (bicyclic) bond motifs is 1. The normalized spacial score (nSPS) is 20.2. The number of aryl methyl sites for hydroxylation is 1. The summed E-state index contributed by atoms with van der Waals surface area (Å²) in [6.07, 6.45) is -0.615. The average molecular weight is 620 g/mol. The summed E-state index contributed by atoms with van der Waals surface area (Å²) in [6.45, 7) is 2.59. The molecule has 2 aromatic rings. The topological polar surface area (TPSA) is 89.1 Å². The van der Waals surface area contributed by atoms with E-state index in [9.17, 15) is 22.8 Å². The van der Waals surface area contributed by atoms with Crippen molar-refractivity contribution in [3.63, 3.8) is 0 Å². The Bertz CT molecular complexity index is 1330. The van der Waals surface area contributed by atoms with E-state index in [4.69, 9.17) is 9.47 Å². The van der Waals surface area contributed by atoms with Crippen LogP contribution < -0.4 is 15.4 Å². The molecule has 4 atom stereocenters. The number of benzene rings is 2. The Morgan fingerprint density at radius 1 is 1.19 bits per heavy atom. The zero-order chi connectivity index (χ0) is 31.0. The minimum absolute atomic E-state index is 0.147. The van der Waals surface area contributed by atoms with Crippen molar-refractivity contribution in [3.05, 3.63) is 53.1 Å². The first-order chi connectivity index (χ1) is 20.6. The van der Waals surface area contributed by atoms with Crippen LogP contribution in [0.25, 0.3) is 6.08 Å². The SMILES string of the molecule is COCC(O)CN1CCC(Nc2cccc3c2C=C(C#CCNc2ccc([S+](C)[O-])cc2OC)C(CC(F)(F)F)CC3)C1. The molecule has 0 spiro atoms. The zero-order valence-electron chi connectivity index (χ0n) is 24.8. The van der Waals surface area contributed by atoms with E-state index < -0.39 is 35.8 Å². The number of β-amino-alcohol motifs (C(OH)–C–C–N with tert-alkyl or cyclic N) is 1. The number of allylic oxidation sites excluding steroid dienone is 1. The number of methoxy groups -OCH3 is 2. The molecule has 234 valence electrons. The van der Waals surface area contributed by atoms with E-state index in [1.807, 2.05) is 24.3 Å². The molecule has 3 N–H and O–H groups in total. The number of aliphatic hydroxyl groups is 1. The first kappa shape index (κ1) is 33.0. The number of halogens is 3. The van der Waals surface area contributed by atoms with Gasteiger partial charge < -0.3 is 29.8 Å². The standard InChI is InChI=1S/C32H40F3N3O4S/c1-41-21-26(39)20-38-15-13-25(19-38)37-29-8-4-6-22-9-10-24(18-32(33,34)35)23(16-28(22)29)7-5-14-36-30-12-11-27(43(3)40)17-31(30)42-2/h4,6,8,11-12,16-17,24-26,36-37,39H,9-10,13-15,18-21H2,1-3H3. The molecule has 4 unspecified atom stereocenters. The van der Waals surface area contributed by atoms with Crippen molar-refractivity contribution >= 4 is 28.6 Å². The van der Waals surface area contributed by atoms with Gasteiger partial charge in [0.05, 0.1) is 38.5 Å². The van der Waals surface area contributed by atoms with Gasteiger partial charge in [-0.2, -0.15) is 13.2 Å².